The molecule has 0 amide bonds. The number of nitrogens with zero attached hydrogens (tertiary/aromatic N) is 1. The van der Waals surface area contributed by atoms with E-state index in [-0.39, 0.29) is 17.0 Å². The van der Waals surface area contributed by atoms with Gasteiger partial charge in [0.1, 0.15) is 11.3 Å². The van der Waals surface area contributed by atoms with Gasteiger partial charge in [-0.3, -0.25) is 10.1 Å². The van der Waals surface area contributed by atoms with Crippen molar-refractivity contribution in [2.75, 3.05) is 0 Å². The second kappa shape index (κ2) is 5.88. The number of carboxylic acids is 1. The smallest absolute Gasteiger partial charge is 0.339 e. The number of ether oxygens (including phenoxy) is 1. The number of carbonyl (C=O) groups is 1. The van der Waals surface area contributed by atoms with Gasteiger partial charge in [0.15, 0.2) is 11.6 Å². The predicted molar refractivity (Wildman–Crippen MR) is 74.2 cm³/mol. The average molecular weight is 356 g/mol. The van der Waals surface area contributed by atoms with Crippen LogP contribution in [0.25, 0.3) is 0 Å². The van der Waals surface area contributed by atoms with Crippen molar-refractivity contribution >= 4 is 27.6 Å². The van der Waals surface area contributed by atoms with E-state index in [4.69, 9.17) is 9.84 Å². The van der Waals surface area contributed by atoms with Gasteiger partial charge in [0.05, 0.1) is 15.5 Å². The summed E-state index contributed by atoms with van der Waals surface area (Å²) in [4.78, 5) is 21.1. The van der Waals surface area contributed by atoms with E-state index < -0.39 is 22.5 Å². The van der Waals surface area contributed by atoms with Crippen molar-refractivity contribution in [1.82, 2.24) is 0 Å². The van der Waals surface area contributed by atoms with E-state index in [1.807, 2.05) is 0 Å². The third-order valence-corrected chi connectivity index (χ3v) is 3.19. The summed E-state index contributed by atoms with van der Waals surface area (Å²) in [6, 6.07) is 7.10. The summed E-state index contributed by atoms with van der Waals surface area (Å²) in [6.45, 7) is 0. The maximum atomic E-state index is 13.7. The zero-order valence-electron chi connectivity index (χ0n) is 10.2. The summed E-state index contributed by atoms with van der Waals surface area (Å²) in [5, 5.41) is 19.7. The van der Waals surface area contributed by atoms with E-state index in [1.54, 1.807) is 0 Å². The molecule has 0 fully saturated rings. The molecule has 2 aromatic rings. The van der Waals surface area contributed by atoms with E-state index in [2.05, 4.69) is 15.9 Å². The molecule has 0 aromatic heterocycles. The highest BCUT2D eigenvalue weighted by atomic mass is 79.9. The Morgan fingerprint density at radius 3 is 2.67 bits per heavy atom. The second-order valence-electron chi connectivity index (χ2n) is 3.90. The molecular formula is C13H7BrFNO5. The standard InChI is InChI=1S/C13H7BrFNO5/c14-9-5-4-7(16(19)20)6-11(9)21-12-8(13(17)18)2-1-3-10(12)15/h1-6H,(H,17,18). The van der Waals surface area contributed by atoms with Crippen LogP contribution in [0.5, 0.6) is 11.5 Å². The van der Waals surface area contributed by atoms with Gasteiger partial charge in [0.2, 0.25) is 0 Å². The molecular weight excluding hydrogens is 349 g/mol. The van der Waals surface area contributed by atoms with Gasteiger partial charge in [-0.05, 0) is 34.1 Å². The third kappa shape index (κ3) is 3.16. The minimum atomic E-state index is -1.37. The Bertz CT molecular complexity index is 734. The molecule has 0 spiro atoms. The van der Waals surface area contributed by atoms with Gasteiger partial charge in [-0.1, -0.05) is 6.07 Å². The van der Waals surface area contributed by atoms with Crippen molar-refractivity contribution in [3.8, 4) is 11.5 Å². The van der Waals surface area contributed by atoms with Crippen molar-refractivity contribution in [3.05, 3.63) is 62.4 Å². The first-order valence-corrected chi connectivity index (χ1v) is 6.33. The molecule has 2 aromatic carbocycles. The van der Waals surface area contributed by atoms with E-state index in [9.17, 15) is 19.3 Å². The van der Waals surface area contributed by atoms with Gasteiger partial charge >= 0.3 is 5.97 Å². The fourth-order valence-electron chi connectivity index (χ4n) is 1.57. The lowest BCUT2D eigenvalue weighted by Crippen LogP contribution is -2.02. The molecule has 0 heterocycles. The molecule has 0 saturated heterocycles. The molecule has 2 rings (SSSR count). The van der Waals surface area contributed by atoms with Gasteiger partial charge in [0.25, 0.3) is 5.69 Å². The number of halogens is 2. The maximum absolute atomic E-state index is 13.7. The molecule has 0 atom stereocenters. The van der Waals surface area contributed by atoms with E-state index in [0.717, 1.165) is 12.1 Å². The van der Waals surface area contributed by atoms with Gasteiger partial charge in [-0.25, -0.2) is 9.18 Å². The molecule has 0 bridgehead atoms. The van der Waals surface area contributed by atoms with Crippen LogP contribution in [-0.2, 0) is 0 Å². The Labute approximate surface area is 126 Å². The van der Waals surface area contributed by atoms with Gasteiger partial charge in [0, 0.05) is 6.07 Å². The molecule has 0 aliphatic rings. The predicted octanol–water partition coefficient (Wildman–Crippen LogP) is 3.99. The van der Waals surface area contributed by atoms with Crippen LogP contribution in [0.1, 0.15) is 10.4 Å². The van der Waals surface area contributed by atoms with Crippen LogP contribution >= 0.6 is 15.9 Å². The molecule has 21 heavy (non-hydrogen) atoms. The number of nitro groups is 1. The summed E-state index contributed by atoms with van der Waals surface area (Å²) >= 11 is 3.11. The minimum Gasteiger partial charge on any atom is -0.478 e. The number of para-hydroxylation sites is 1. The Hall–Kier alpha value is -2.48. The number of nitro benzene ring substituents is 1. The molecule has 108 valence electrons. The highest BCUT2D eigenvalue weighted by molar-refractivity contribution is 9.10. The van der Waals surface area contributed by atoms with Crippen molar-refractivity contribution in [1.29, 1.82) is 0 Å². The summed E-state index contributed by atoms with van der Waals surface area (Å²) in [6.07, 6.45) is 0. The van der Waals surface area contributed by atoms with Crippen LogP contribution in [0.2, 0.25) is 0 Å². The van der Waals surface area contributed by atoms with Gasteiger partial charge in [-0.2, -0.15) is 0 Å². The van der Waals surface area contributed by atoms with Crippen molar-refractivity contribution in [2.24, 2.45) is 0 Å². The maximum Gasteiger partial charge on any atom is 0.339 e. The second-order valence-corrected chi connectivity index (χ2v) is 4.75. The molecule has 0 saturated carbocycles. The molecule has 8 heteroatoms. The van der Waals surface area contributed by atoms with Crippen LogP contribution in [0.15, 0.2) is 40.9 Å². The Morgan fingerprint density at radius 2 is 2.05 bits per heavy atom. The number of non-ortho nitro benzene ring substituents is 1. The highest BCUT2D eigenvalue weighted by Gasteiger charge is 2.19. The summed E-state index contributed by atoms with van der Waals surface area (Å²) < 4.78 is 19.3. The van der Waals surface area contributed by atoms with Crippen molar-refractivity contribution in [2.45, 2.75) is 0 Å². The molecule has 0 radical (unpaired) electrons. The van der Waals surface area contributed by atoms with Crippen LogP contribution in [0.3, 0.4) is 0 Å². The molecule has 0 aliphatic carbocycles. The SMILES string of the molecule is O=C(O)c1cccc(F)c1Oc1cc([N+](=O)[O-])ccc1Br. The lowest BCUT2D eigenvalue weighted by molar-refractivity contribution is -0.384. The number of hydrogen-bond acceptors (Lipinski definition) is 4. The minimum absolute atomic E-state index is 0.0585. The zero-order chi connectivity index (χ0) is 15.6. The average Bonchev–Trinajstić information content (AvgIpc) is 2.42. The number of carboxylic acid groups (broad SMARTS) is 1. The quantitative estimate of drug-likeness (QED) is 0.661. The molecule has 0 unspecified atom stereocenters. The first kappa shape index (κ1) is 14.9. The summed E-state index contributed by atoms with van der Waals surface area (Å²) in [7, 11) is 0. The van der Waals surface area contributed by atoms with E-state index in [0.29, 0.717) is 4.47 Å². The van der Waals surface area contributed by atoms with E-state index in [1.165, 1.54) is 24.3 Å². The van der Waals surface area contributed by atoms with Gasteiger partial charge < -0.3 is 9.84 Å². The van der Waals surface area contributed by atoms with Crippen LogP contribution in [-0.4, -0.2) is 16.0 Å². The highest BCUT2D eigenvalue weighted by Crippen LogP contribution is 2.35. The number of aromatic carboxylic acids is 1. The van der Waals surface area contributed by atoms with Crippen LogP contribution < -0.4 is 4.74 Å². The Kier molecular flexibility index (Phi) is 4.18. The zero-order valence-corrected chi connectivity index (χ0v) is 11.8. The molecule has 1 N–H and O–H groups in total. The number of rotatable bonds is 4. The van der Waals surface area contributed by atoms with E-state index >= 15 is 0 Å². The Morgan fingerprint density at radius 1 is 1.33 bits per heavy atom. The largest absolute Gasteiger partial charge is 0.478 e. The third-order valence-electron chi connectivity index (χ3n) is 2.54. The van der Waals surface area contributed by atoms with Crippen molar-refractivity contribution in [3.63, 3.8) is 0 Å². The fourth-order valence-corrected chi connectivity index (χ4v) is 1.90. The van der Waals surface area contributed by atoms with Gasteiger partial charge in [-0.15, -0.1) is 0 Å². The summed E-state index contributed by atoms with van der Waals surface area (Å²) in [5.74, 6) is -2.82. The lowest BCUT2D eigenvalue weighted by atomic mass is 10.2. The lowest BCUT2D eigenvalue weighted by Gasteiger charge is -2.10. The first-order chi connectivity index (χ1) is 9.90. The molecule has 0 aliphatic heterocycles. The Balaban J connectivity index is 2.50. The van der Waals surface area contributed by atoms with Crippen molar-refractivity contribution < 1.29 is 24.0 Å². The topological polar surface area (TPSA) is 89.7 Å². The summed E-state index contributed by atoms with van der Waals surface area (Å²) in [5.41, 5.74) is -0.644. The molecule has 6 nitrogen and oxygen atoms in total. The normalized spacial score (nSPS) is 10.2. The first-order valence-electron chi connectivity index (χ1n) is 5.53. The fraction of sp³-hybridized carbons (Fsp3) is 0. The monoisotopic (exact) mass is 355 g/mol. The number of benzene rings is 2. The van der Waals surface area contributed by atoms with Crippen LogP contribution in [0.4, 0.5) is 10.1 Å². The van der Waals surface area contributed by atoms with Crippen LogP contribution in [0, 0.1) is 15.9 Å². The number of hydrogen-bond donors (Lipinski definition) is 1.